The van der Waals surface area contributed by atoms with Crippen LogP contribution >= 0.6 is 15.9 Å². The van der Waals surface area contributed by atoms with Crippen LogP contribution in [0.3, 0.4) is 0 Å². The summed E-state index contributed by atoms with van der Waals surface area (Å²) in [6, 6.07) is 3.07. The average Bonchev–Trinajstić information content (AvgIpc) is 2.01. The van der Waals surface area contributed by atoms with Crippen LogP contribution in [0.2, 0.25) is 0 Å². The van der Waals surface area contributed by atoms with E-state index < -0.39 is 0 Å². The van der Waals surface area contributed by atoms with Crippen LogP contribution in [0.5, 0.6) is 0 Å². The smallest absolute Gasteiger partial charge is 0.211 e. The van der Waals surface area contributed by atoms with E-state index in [1.165, 1.54) is 6.07 Å². The number of rotatable bonds is 2. The average molecular weight is 232 g/mol. The van der Waals surface area contributed by atoms with Gasteiger partial charge in [-0.1, -0.05) is 0 Å². The fraction of sp³-hybridized carbons (Fsp3) is 0.125. The van der Waals surface area contributed by atoms with Gasteiger partial charge < -0.3 is 5.32 Å². The van der Waals surface area contributed by atoms with Crippen molar-refractivity contribution in [1.29, 1.82) is 0 Å². The highest BCUT2D eigenvalue weighted by molar-refractivity contribution is 9.10. The third-order valence-corrected chi connectivity index (χ3v) is 2.01. The highest BCUT2D eigenvalue weighted by atomic mass is 79.9. The van der Waals surface area contributed by atoms with E-state index in [0.717, 1.165) is 0 Å². The van der Waals surface area contributed by atoms with Gasteiger partial charge in [-0.3, -0.25) is 4.79 Å². The summed E-state index contributed by atoms with van der Waals surface area (Å²) in [5.74, 6) is -0.300. The van der Waals surface area contributed by atoms with E-state index in [1.807, 2.05) is 0 Å². The lowest BCUT2D eigenvalue weighted by atomic mass is 10.2. The zero-order valence-corrected chi connectivity index (χ0v) is 7.98. The number of nitrogens with one attached hydrogen (secondary N) is 1. The van der Waals surface area contributed by atoms with Crippen molar-refractivity contribution < 1.29 is 9.18 Å². The van der Waals surface area contributed by atoms with Crippen molar-refractivity contribution >= 4 is 28.0 Å². The standard InChI is InChI=1S/C8H7BrFNO/c1-5-2-6(11-4-12)3-7(9)8(5)10/h2-4H,1H3,(H,11,12). The summed E-state index contributed by atoms with van der Waals surface area (Å²) in [7, 11) is 0. The van der Waals surface area contributed by atoms with Crippen LogP contribution in [-0.2, 0) is 4.79 Å². The maximum absolute atomic E-state index is 13.0. The molecule has 1 N–H and O–H groups in total. The van der Waals surface area contributed by atoms with Crippen molar-refractivity contribution in [2.75, 3.05) is 5.32 Å². The van der Waals surface area contributed by atoms with Crippen molar-refractivity contribution in [2.45, 2.75) is 6.92 Å². The monoisotopic (exact) mass is 231 g/mol. The molecule has 0 fully saturated rings. The van der Waals surface area contributed by atoms with Crippen LogP contribution in [0.15, 0.2) is 16.6 Å². The van der Waals surface area contributed by atoms with Crippen LogP contribution < -0.4 is 5.32 Å². The van der Waals surface area contributed by atoms with Gasteiger partial charge in [-0.15, -0.1) is 0 Å². The second-order valence-corrected chi connectivity index (χ2v) is 3.21. The van der Waals surface area contributed by atoms with Crippen LogP contribution in [0.25, 0.3) is 0 Å². The van der Waals surface area contributed by atoms with E-state index in [0.29, 0.717) is 22.1 Å². The minimum Gasteiger partial charge on any atom is -0.329 e. The number of hydrogen-bond acceptors (Lipinski definition) is 1. The van der Waals surface area contributed by atoms with Crippen molar-refractivity contribution in [2.24, 2.45) is 0 Å². The second kappa shape index (κ2) is 3.67. The van der Waals surface area contributed by atoms with Gasteiger partial charge in [0, 0.05) is 5.69 Å². The molecule has 0 aliphatic heterocycles. The molecular weight excluding hydrogens is 225 g/mol. The maximum atomic E-state index is 13.0. The third kappa shape index (κ3) is 1.82. The second-order valence-electron chi connectivity index (χ2n) is 2.35. The largest absolute Gasteiger partial charge is 0.329 e. The molecule has 0 unspecified atom stereocenters. The number of amides is 1. The van der Waals surface area contributed by atoms with Crippen molar-refractivity contribution in [3.05, 3.63) is 28.0 Å². The minimum atomic E-state index is -0.300. The first-order valence-electron chi connectivity index (χ1n) is 3.31. The molecule has 1 aromatic carbocycles. The molecule has 2 nitrogen and oxygen atoms in total. The molecule has 1 aromatic rings. The van der Waals surface area contributed by atoms with Gasteiger partial charge in [-0.25, -0.2) is 4.39 Å². The number of benzene rings is 1. The summed E-state index contributed by atoms with van der Waals surface area (Å²) in [5.41, 5.74) is 1.07. The summed E-state index contributed by atoms with van der Waals surface area (Å²) in [5, 5.41) is 2.44. The number of halogens is 2. The Morgan fingerprint density at radius 2 is 2.25 bits per heavy atom. The molecule has 1 amide bonds. The predicted octanol–water partition coefficient (Wildman–Crippen LogP) is 2.46. The molecule has 0 aromatic heterocycles. The van der Waals surface area contributed by atoms with Gasteiger partial charge in [0.25, 0.3) is 0 Å². The van der Waals surface area contributed by atoms with Gasteiger partial charge >= 0.3 is 0 Å². The zero-order chi connectivity index (χ0) is 9.14. The minimum absolute atomic E-state index is 0.300. The molecule has 0 radical (unpaired) electrons. The summed E-state index contributed by atoms with van der Waals surface area (Å²) in [6.45, 7) is 1.63. The van der Waals surface area contributed by atoms with Crippen LogP contribution in [0.4, 0.5) is 10.1 Å². The first-order valence-corrected chi connectivity index (χ1v) is 4.10. The molecule has 0 saturated carbocycles. The van der Waals surface area contributed by atoms with Crippen molar-refractivity contribution in [1.82, 2.24) is 0 Å². The molecule has 0 aliphatic carbocycles. The van der Waals surface area contributed by atoms with Gasteiger partial charge in [0.15, 0.2) is 0 Å². The number of hydrogen-bond donors (Lipinski definition) is 1. The Morgan fingerprint density at radius 1 is 1.58 bits per heavy atom. The molecule has 0 heterocycles. The Hall–Kier alpha value is -0.900. The fourth-order valence-electron chi connectivity index (χ4n) is 0.878. The number of carbonyl (C=O) groups excluding carboxylic acids is 1. The van der Waals surface area contributed by atoms with E-state index in [-0.39, 0.29) is 5.82 Å². The Balaban J connectivity index is 3.11. The van der Waals surface area contributed by atoms with E-state index >= 15 is 0 Å². The van der Waals surface area contributed by atoms with Gasteiger partial charge in [0.2, 0.25) is 6.41 Å². The van der Waals surface area contributed by atoms with Gasteiger partial charge in [-0.05, 0) is 40.5 Å². The summed E-state index contributed by atoms with van der Waals surface area (Å²) >= 11 is 3.04. The van der Waals surface area contributed by atoms with E-state index in [4.69, 9.17) is 0 Å². The van der Waals surface area contributed by atoms with E-state index in [1.54, 1.807) is 13.0 Å². The molecule has 12 heavy (non-hydrogen) atoms. The number of carbonyl (C=O) groups is 1. The quantitative estimate of drug-likeness (QED) is 0.779. The SMILES string of the molecule is Cc1cc(NC=O)cc(Br)c1F. The molecule has 0 bridgehead atoms. The van der Waals surface area contributed by atoms with Crippen molar-refractivity contribution in [3.63, 3.8) is 0 Å². The molecule has 64 valence electrons. The highest BCUT2D eigenvalue weighted by Gasteiger charge is 2.04. The molecular formula is C8H7BrFNO. The Labute approximate surface area is 77.9 Å². The third-order valence-electron chi connectivity index (χ3n) is 1.44. The lowest BCUT2D eigenvalue weighted by molar-refractivity contribution is -0.105. The normalized spacial score (nSPS) is 9.58. The van der Waals surface area contributed by atoms with Crippen LogP contribution in [-0.4, -0.2) is 6.41 Å². The first kappa shape index (κ1) is 9.19. The first-order chi connectivity index (χ1) is 5.65. The van der Waals surface area contributed by atoms with Crippen LogP contribution in [0, 0.1) is 12.7 Å². The molecule has 0 spiro atoms. The molecule has 0 atom stereocenters. The highest BCUT2D eigenvalue weighted by Crippen LogP contribution is 2.23. The summed E-state index contributed by atoms with van der Waals surface area (Å²) in [6.07, 6.45) is 0.555. The summed E-state index contributed by atoms with van der Waals surface area (Å²) in [4.78, 5) is 10.1. The number of anilines is 1. The zero-order valence-electron chi connectivity index (χ0n) is 6.40. The molecule has 0 aliphatic rings. The molecule has 1 rings (SSSR count). The van der Waals surface area contributed by atoms with Crippen molar-refractivity contribution in [3.8, 4) is 0 Å². The predicted molar refractivity (Wildman–Crippen MR) is 48.5 cm³/mol. The fourth-order valence-corrected chi connectivity index (χ4v) is 1.44. The Morgan fingerprint density at radius 3 is 2.75 bits per heavy atom. The Kier molecular flexibility index (Phi) is 2.81. The van der Waals surface area contributed by atoms with Gasteiger partial charge in [-0.2, -0.15) is 0 Å². The van der Waals surface area contributed by atoms with Gasteiger partial charge in [0.1, 0.15) is 5.82 Å². The number of aryl methyl sites for hydroxylation is 1. The maximum Gasteiger partial charge on any atom is 0.211 e. The molecule has 0 saturated heterocycles. The Bertz CT molecular complexity index is 291. The van der Waals surface area contributed by atoms with E-state index in [9.17, 15) is 9.18 Å². The van der Waals surface area contributed by atoms with Crippen LogP contribution in [0.1, 0.15) is 5.56 Å². The molecule has 4 heteroatoms. The van der Waals surface area contributed by atoms with E-state index in [2.05, 4.69) is 21.2 Å². The topological polar surface area (TPSA) is 29.1 Å². The lowest BCUT2D eigenvalue weighted by Gasteiger charge is -2.03. The van der Waals surface area contributed by atoms with Gasteiger partial charge in [0.05, 0.1) is 4.47 Å². The lowest BCUT2D eigenvalue weighted by Crippen LogP contribution is -1.95. The summed E-state index contributed by atoms with van der Waals surface area (Å²) < 4.78 is 13.3.